The lowest BCUT2D eigenvalue weighted by molar-refractivity contribution is -0.0255. The number of fused-ring (bicyclic) bond motifs is 1. The summed E-state index contributed by atoms with van der Waals surface area (Å²) in [5.41, 5.74) is 8.66. The maximum absolute atomic E-state index is 6.52. The molecule has 1 aromatic carbocycles. The van der Waals surface area contributed by atoms with Crippen LogP contribution in [-0.4, -0.2) is 28.5 Å². The van der Waals surface area contributed by atoms with Gasteiger partial charge in [-0.2, -0.15) is 5.10 Å². The average molecular weight is 287 g/mol. The van der Waals surface area contributed by atoms with Crippen LogP contribution in [0.4, 0.5) is 0 Å². The van der Waals surface area contributed by atoms with E-state index >= 15 is 0 Å². The molecule has 4 nitrogen and oxygen atoms in total. The third-order valence-corrected chi connectivity index (χ3v) is 4.98. The molecule has 0 radical (unpaired) electrons. The smallest absolute Gasteiger partial charge is 0.0832 e. The largest absolute Gasteiger partial charge is 0.377 e. The fourth-order valence-electron chi connectivity index (χ4n) is 3.68. The highest BCUT2D eigenvalue weighted by molar-refractivity contribution is 5.82. The van der Waals surface area contributed by atoms with Gasteiger partial charge in [-0.3, -0.25) is 4.68 Å². The van der Waals surface area contributed by atoms with Crippen molar-refractivity contribution in [3.63, 3.8) is 0 Å². The number of para-hydroxylation sites is 1. The highest BCUT2D eigenvalue weighted by atomic mass is 16.5. The number of nitrogens with two attached hydrogens (primary N) is 1. The average Bonchev–Trinajstić information content (AvgIpc) is 3.13. The molecule has 0 amide bonds. The normalized spacial score (nSPS) is 19.2. The third kappa shape index (κ3) is 2.47. The lowest BCUT2D eigenvalue weighted by atomic mass is 9.89. The van der Waals surface area contributed by atoms with Crippen molar-refractivity contribution in [2.24, 2.45) is 5.73 Å². The van der Waals surface area contributed by atoms with Gasteiger partial charge in [-0.1, -0.05) is 31.0 Å². The predicted octanol–water partition coefficient (Wildman–Crippen LogP) is 2.89. The molecule has 4 heteroatoms. The van der Waals surface area contributed by atoms with Crippen molar-refractivity contribution in [3.8, 4) is 0 Å². The van der Waals surface area contributed by atoms with E-state index < -0.39 is 0 Å². The molecule has 0 aliphatic heterocycles. The van der Waals surface area contributed by atoms with E-state index in [1.54, 1.807) is 7.11 Å². The second kappa shape index (κ2) is 5.78. The standard InChI is InChI=1S/C17H25N3O/c1-3-20-15-9-5-4-8-13(15)14(19-20)12-16(18)17(21-2)10-6-7-11-17/h4-5,8-9,16H,3,6-7,10-12,18H2,1-2H3. The van der Waals surface area contributed by atoms with Gasteiger partial charge in [0.15, 0.2) is 0 Å². The van der Waals surface area contributed by atoms with Crippen molar-refractivity contribution in [3.05, 3.63) is 30.0 Å². The van der Waals surface area contributed by atoms with Crippen LogP contribution >= 0.6 is 0 Å². The van der Waals surface area contributed by atoms with Crippen LogP contribution in [0.1, 0.15) is 38.3 Å². The first-order chi connectivity index (χ1) is 10.2. The first-order valence-corrected chi connectivity index (χ1v) is 7.95. The minimum Gasteiger partial charge on any atom is -0.377 e. The summed E-state index contributed by atoms with van der Waals surface area (Å²) in [6.45, 7) is 3.00. The van der Waals surface area contributed by atoms with Crippen LogP contribution in [0.15, 0.2) is 24.3 Å². The van der Waals surface area contributed by atoms with Gasteiger partial charge in [0, 0.05) is 31.5 Å². The van der Waals surface area contributed by atoms with Crippen LogP contribution in [0.5, 0.6) is 0 Å². The minimum absolute atomic E-state index is 0.00797. The molecule has 3 rings (SSSR count). The lowest BCUT2D eigenvalue weighted by Gasteiger charge is -2.33. The van der Waals surface area contributed by atoms with Gasteiger partial charge in [-0.15, -0.1) is 0 Å². The van der Waals surface area contributed by atoms with Crippen molar-refractivity contribution in [2.45, 2.75) is 57.2 Å². The minimum atomic E-state index is -0.156. The Labute approximate surface area is 126 Å². The molecule has 0 spiro atoms. The molecule has 1 fully saturated rings. The molecular formula is C17H25N3O. The summed E-state index contributed by atoms with van der Waals surface area (Å²) in [6.07, 6.45) is 5.34. The van der Waals surface area contributed by atoms with Gasteiger partial charge in [0.05, 0.1) is 16.8 Å². The van der Waals surface area contributed by atoms with Gasteiger partial charge >= 0.3 is 0 Å². The van der Waals surface area contributed by atoms with E-state index in [0.717, 1.165) is 31.5 Å². The summed E-state index contributed by atoms with van der Waals surface area (Å²) in [4.78, 5) is 0. The van der Waals surface area contributed by atoms with E-state index in [1.807, 2.05) is 0 Å². The Morgan fingerprint density at radius 1 is 1.33 bits per heavy atom. The number of ether oxygens (including phenoxy) is 1. The van der Waals surface area contributed by atoms with Crippen LogP contribution in [0, 0.1) is 0 Å². The Kier molecular flexibility index (Phi) is 4.00. The van der Waals surface area contributed by atoms with E-state index in [4.69, 9.17) is 15.6 Å². The summed E-state index contributed by atoms with van der Waals surface area (Å²) in [7, 11) is 1.80. The number of nitrogens with zero attached hydrogens (tertiary/aromatic N) is 2. The third-order valence-electron chi connectivity index (χ3n) is 4.98. The van der Waals surface area contributed by atoms with Crippen LogP contribution in [0.25, 0.3) is 10.9 Å². The summed E-state index contributed by atoms with van der Waals surface area (Å²) >= 11 is 0. The van der Waals surface area contributed by atoms with Gasteiger partial charge < -0.3 is 10.5 Å². The number of aryl methyl sites for hydroxylation is 1. The Morgan fingerprint density at radius 3 is 2.71 bits per heavy atom. The zero-order chi connectivity index (χ0) is 14.9. The maximum Gasteiger partial charge on any atom is 0.0832 e. The number of hydrogen-bond donors (Lipinski definition) is 1. The molecule has 2 aromatic rings. The van der Waals surface area contributed by atoms with Gasteiger partial charge in [0.25, 0.3) is 0 Å². The van der Waals surface area contributed by atoms with E-state index in [9.17, 15) is 0 Å². The number of rotatable bonds is 5. The highest BCUT2D eigenvalue weighted by Crippen LogP contribution is 2.36. The first kappa shape index (κ1) is 14.5. The molecule has 1 aliphatic rings. The fourth-order valence-corrected chi connectivity index (χ4v) is 3.68. The van der Waals surface area contributed by atoms with Crippen LogP contribution in [-0.2, 0) is 17.7 Å². The fraction of sp³-hybridized carbons (Fsp3) is 0.588. The quantitative estimate of drug-likeness (QED) is 0.920. The topological polar surface area (TPSA) is 53.1 Å². The van der Waals surface area contributed by atoms with Crippen molar-refractivity contribution >= 4 is 10.9 Å². The van der Waals surface area contributed by atoms with E-state index in [-0.39, 0.29) is 11.6 Å². The molecule has 1 aromatic heterocycles. The molecule has 1 unspecified atom stereocenters. The Bertz CT molecular complexity index is 614. The number of methoxy groups -OCH3 is 1. The van der Waals surface area contributed by atoms with Crippen molar-refractivity contribution in [1.29, 1.82) is 0 Å². The summed E-state index contributed by atoms with van der Waals surface area (Å²) in [5, 5.41) is 5.99. The number of benzene rings is 1. The Balaban J connectivity index is 1.91. The van der Waals surface area contributed by atoms with E-state index in [0.29, 0.717) is 0 Å². The van der Waals surface area contributed by atoms with Crippen LogP contribution in [0.2, 0.25) is 0 Å². The summed E-state index contributed by atoms with van der Waals surface area (Å²) < 4.78 is 7.88. The van der Waals surface area contributed by atoms with E-state index in [1.165, 1.54) is 23.7 Å². The molecule has 1 heterocycles. The molecule has 1 saturated carbocycles. The molecule has 2 N–H and O–H groups in total. The van der Waals surface area contributed by atoms with Crippen LogP contribution in [0.3, 0.4) is 0 Å². The lowest BCUT2D eigenvalue weighted by Crippen LogP contribution is -2.48. The monoisotopic (exact) mass is 287 g/mol. The second-order valence-corrected chi connectivity index (χ2v) is 6.07. The predicted molar refractivity (Wildman–Crippen MR) is 85.3 cm³/mol. The van der Waals surface area contributed by atoms with Gasteiger partial charge in [-0.05, 0) is 25.8 Å². The van der Waals surface area contributed by atoms with Crippen LogP contribution < -0.4 is 5.73 Å². The van der Waals surface area contributed by atoms with Gasteiger partial charge in [0.1, 0.15) is 0 Å². The molecule has 114 valence electrons. The highest BCUT2D eigenvalue weighted by Gasteiger charge is 2.40. The molecule has 1 aliphatic carbocycles. The zero-order valence-electron chi connectivity index (χ0n) is 13.0. The van der Waals surface area contributed by atoms with Crippen molar-refractivity contribution in [2.75, 3.05) is 7.11 Å². The molecule has 0 saturated heterocycles. The Morgan fingerprint density at radius 2 is 2.05 bits per heavy atom. The first-order valence-electron chi connectivity index (χ1n) is 7.95. The van der Waals surface area contributed by atoms with E-state index in [2.05, 4.69) is 35.9 Å². The summed E-state index contributed by atoms with van der Waals surface area (Å²) in [6, 6.07) is 8.41. The zero-order valence-corrected chi connectivity index (χ0v) is 13.0. The van der Waals surface area contributed by atoms with Crippen molar-refractivity contribution < 1.29 is 4.74 Å². The van der Waals surface area contributed by atoms with Crippen molar-refractivity contribution in [1.82, 2.24) is 9.78 Å². The summed E-state index contributed by atoms with van der Waals surface area (Å²) in [5.74, 6) is 0. The Hall–Kier alpha value is -1.39. The molecule has 1 atom stereocenters. The second-order valence-electron chi connectivity index (χ2n) is 6.07. The molecular weight excluding hydrogens is 262 g/mol. The molecule has 21 heavy (non-hydrogen) atoms. The number of hydrogen-bond acceptors (Lipinski definition) is 3. The van der Waals surface area contributed by atoms with Gasteiger partial charge in [0.2, 0.25) is 0 Å². The van der Waals surface area contributed by atoms with Gasteiger partial charge in [-0.25, -0.2) is 0 Å². The molecule has 0 bridgehead atoms. The maximum atomic E-state index is 6.52. The number of aromatic nitrogens is 2. The SMILES string of the molecule is CCn1nc(CC(N)C2(OC)CCCC2)c2ccccc21.